The number of carbonyl (C=O) groups excluding carboxylic acids is 2. The van der Waals surface area contributed by atoms with Crippen LogP contribution in [0, 0.1) is 6.92 Å². The van der Waals surface area contributed by atoms with Gasteiger partial charge in [0.2, 0.25) is 0 Å². The molecule has 1 aliphatic rings. The second-order valence-corrected chi connectivity index (χ2v) is 7.61. The lowest BCUT2D eigenvalue weighted by molar-refractivity contribution is -0.143. The first kappa shape index (κ1) is 21.4. The number of aryl methyl sites for hydroxylation is 1. The molecular weight excluding hydrogens is 380 g/mol. The van der Waals surface area contributed by atoms with Gasteiger partial charge in [-0.25, -0.2) is 9.59 Å². The van der Waals surface area contributed by atoms with E-state index in [-0.39, 0.29) is 12.1 Å². The van der Waals surface area contributed by atoms with Gasteiger partial charge in [-0.1, -0.05) is 43.2 Å². The molecule has 0 aliphatic carbocycles. The second kappa shape index (κ2) is 9.48. The molecule has 0 spiro atoms. The fraction of sp³-hybridized carbons (Fsp3) is 0.333. The molecule has 1 atom stereocenters. The first-order valence-corrected chi connectivity index (χ1v) is 10.2. The van der Waals surface area contributed by atoms with Crippen molar-refractivity contribution < 1.29 is 19.1 Å². The minimum Gasteiger partial charge on any atom is -0.459 e. The average molecular weight is 408 g/mol. The smallest absolute Gasteiger partial charge is 0.338 e. The fourth-order valence-electron chi connectivity index (χ4n) is 3.30. The minimum absolute atomic E-state index is 0.253. The molecule has 2 aromatic carbocycles. The van der Waals surface area contributed by atoms with Gasteiger partial charge in [0, 0.05) is 5.70 Å². The minimum atomic E-state index is -0.583. The Morgan fingerprint density at radius 2 is 1.63 bits per heavy atom. The van der Waals surface area contributed by atoms with Crippen molar-refractivity contribution in [2.24, 2.45) is 0 Å². The highest BCUT2D eigenvalue weighted by atomic mass is 16.5. The lowest BCUT2D eigenvalue weighted by atomic mass is 9.93. The van der Waals surface area contributed by atoms with Crippen molar-refractivity contribution in [1.82, 2.24) is 10.6 Å². The summed E-state index contributed by atoms with van der Waals surface area (Å²) in [5.74, 6) is 0.993. The standard InChI is InChI=1S/C24H28N2O4/c1-5-6-20-21(23(27)29-15(2)3)22(26-24(28)25-20)17-9-13-19(14-10-17)30-18-11-7-16(4)8-12-18/h7-15,22H,5-6H2,1-4H3,(H2,25,26,28). The van der Waals surface area contributed by atoms with E-state index in [0.717, 1.165) is 23.3 Å². The van der Waals surface area contributed by atoms with Gasteiger partial charge in [0.25, 0.3) is 0 Å². The topological polar surface area (TPSA) is 76.7 Å². The van der Waals surface area contributed by atoms with Crippen LogP contribution in [0.4, 0.5) is 4.79 Å². The van der Waals surface area contributed by atoms with E-state index < -0.39 is 12.0 Å². The van der Waals surface area contributed by atoms with Crippen LogP contribution in [-0.4, -0.2) is 18.1 Å². The fourth-order valence-corrected chi connectivity index (χ4v) is 3.30. The summed E-state index contributed by atoms with van der Waals surface area (Å²) in [4.78, 5) is 25.0. The largest absolute Gasteiger partial charge is 0.459 e. The van der Waals surface area contributed by atoms with Crippen molar-refractivity contribution >= 4 is 12.0 Å². The lowest BCUT2D eigenvalue weighted by Gasteiger charge is -2.30. The molecule has 2 aromatic rings. The highest BCUT2D eigenvalue weighted by Gasteiger charge is 2.33. The van der Waals surface area contributed by atoms with Gasteiger partial charge in [0.1, 0.15) is 11.5 Å². The zero-order valence-corrected chi connectivity index (χ0v) is 17.8. The van der Waals surface area contributed by atoms with Gasteiger partial charge in [-0.15, -0.1) is 0 Å². The molecule has 6 nitrogen and oxygen atoms in total. The normalized spacial score (nSPS) is 16.2. The number of carbonyl (C=O) groups is 2. The summed E-state index contributed by atoms with van der Waals surface area (Å²) in [6, 6.07) is 14.2. The molecule has 2 N–H and O–H groups in total. The summed E-state index contributed by atoms with van der Waals surface area (Å²) < 4.78 is 11.3. The predicted octanol–water partition coefficient (Wildman–Crippen LogP) is 5.15. The van der Waals surface area contributed by atoms with E-state index in [2.05, 4.69) is 10.6 Å². The van der Waals surface area contributed by atoms with Gasteiger partial charge < -0.3 is 20.1 Å². The van der Waals surface area contributed by atoms with E-state index >= 15 is 0 Å². The monoisotopic (exact) mass is 408 g/mol. The van der Waals surface area contributed by atoms with E-state index in [9.17, 15) is 9.59 Å². The van der Waals surface area contributed by atoms with Crippen molar-refractivity contribution in [3.63, 3.8) is 0 Å². The van der Waals surface area contributed by atoms with Gasteiger partial charge in [0.05, 0.1) is 17.7 Å². The van der Waals surface area contributed by atoms with Crippen LogP contribution in [0.3, 0.4) is 0 Å². The predicted molar refractivity (Wildman–Crippen MR) is 115 cm³/mol. The molecule has 0 bridgehead atoms. The molecule has 2 amide bonds. The Balaban J connectivity index is 1.88. The number of benzene rings is 2. The van der Waals surface area contributed by atoms with Crippen molar-refractivity contribution in [3.8, 4) is 11.5 Å². The molecule has 0 fully saturated rings. The van der Waals surface area contributed by atoms with Crippen molar-refractivity contribution in [2.45, 2.75) is 52.7 Å². The zero-order chi connectivity index (χ0) is 21.7. The number of nitrogens with one attached hydrogen (secondary N) is 2. The summed E-state index contributed by atoms with van der Waals surface area (Å²) >= 11 is 0. The Labute approximate surface area is 177 Å². The second-order valence-electron chi connectivity index (χ2n) is 7.61. The number of esters is 1. The highest BCUT2D eigenvalue weighted by Crippen LogP contribution is 2.31. The van der Waals surface area contributed by atoms with Crippen LogP contribution in [0.25, 0.3) is 0 Å². The Morgan fingerprint density at radius 1 is 1.03 bits per heavy atom. The quantitative estimate of drug-likeness (QED) is 0.622. The maximum atomic E-state index is 12.8. The average Bonchev–Trinajstić information content (AvgIpc) is 2.69. The van der Waals surface area contributed by atoms with Crippen LogP contribution in [0.2, 0.25) is 0 Å². The Bertz CT molecular complexity index is 931. The summed E-state index contributed by atoms with van der Waals surface area (Å²) in [6.45, 7) is 7.63. The Morgan fingerprint density at radius 3 is 2.20 bits per heavy atom. The number of hydrogen-bond acceptors (Lipinski definition) is 4. The van der Waals surface area contributed by atoms with Gasteiger partial charge in [-0.3, -0.25) is 0 Å². The van der Waals surface area contributed by atoms with Crippen molar-refractivity contribution in [2.75, 3.05) is 0 Å². The SMILES string of the molecule is CCCC1=C(C(=O)OC(C)C)C(c2ccc(Oc3ccc(C)cc3)cc2)NC(=O)N1. The van der Waals surface area contributed by atoms with E-state index in [0.29, 0.717) is 23.4 Å². The molecule has 0 saturated heterocycles. The van der Waals surface area contributed by atoms with Gasteiger partial charge in [-0.05, 0) is 57.0 Å². The number of allylic oxidation sites excluding steroid dienone is 1. The van der Waals surface area contributed by atoms with E-state index in [1.165, 1.54) is 0 Å². The summed E-state index contributed by atoms with van der Waals surface area (Å²) in [7, 11) is 0. The number of hydrogen-bond donors (Lipinski definition) is 2. The third kappa shape index (κ3) is 5.20. The first-order valence-electron chi connectivity index (χ1n) is 10.2. The molecular formula is C24H28N2O4. The van der Waals surface area contributed by atoms with Crippen LogP contribution in [0.1, 0.15) is 50.8 Å². The molecule has 0 radical (unpaired) electrons. The number of urea groups is 1. The lowest BCUT2D eigenvalue weighted by Crippen LogP contribution is -2.46. The van der Waals surface area contributed by atoms with Gasteiger partial charge in [-0.2, -0.15) is 0 Å². The van der Waals surface area contributed by atoms with Gasteiger partial charge in [0.15, 0.2) is 0 Å². The zero-order valence-electron chi connectivity index (χ0n) is 17.8. The Kier molecular flexibility index (Phi) is 6.77. The Hall–Kier alpha value is -3.28. The highest BCUT2D eigenvalue weighted by molar-refractivity contribution is 5.95. The molecule has 1 heterocycles. The summed E-state index contributed by atoms with van der Waals surface area (Å²) in [5, 5.41) is 5.63. The molecule has 0 aromatic heterocycles. The molecule has 1 aliphatic heterocycles. The molecule has 158 valence electrons. The van der Waals surface area contributed by atoms with Crippen LogP contribution >= 0.6 is 0 Å². The summed E-state index contributed by atoms with van der Waals surface area (Å²) in [6.07, 6.45) is 1.13. The van der Waals surface area contributed by atoms with E-state index in [1.54, 1.807) is 13.8 Å². The van der Waals surface area contributed by atoms with Crippen LogP contribution in [0.5, 0.6) is 11.5 Å². The van der Waals surface area contributed by atoms with Crippen molar-refractivity contribution in [1.29, 1.82) is 0 Å². The third-order valence-corrected chi connectivity index (χ3v) is 4.69. The first-order chi connectivity index (χ1) is 14.4. The van der Waals surface area contributed by atoms with Crippen molar-refractivity contribution in [3.05, 3.63) is 70.9 Å². The third-order valence-electron chi connectivity index (χ3n) is 4.69. The number of ether oxygens (including phenoxy) is 2. The maximum absolute atomic E-state index is 12.8. The molecule has 30 heavy (non-hydrogen) atoms. The van der Waals surface area contributed by atoms with Crippen LogP contribution in [0.15, 0.2) is 59.8 Å². The van der Waals surface area contributed by atoms with Crippen LogP contribution < -0.4 is 15.4 Å². The van der Waals surface area contributed by atoms with Gasteiger partial charge >= 0.3 is 12.0 Å². The summed E-state index contributed by atoms with van der Waals surface area (Å²) in [5.41, 5.74) is 2.99. The van der Waals surface area contributed by atoms with Crippen LogP contribution in [-0.2, 0) is 9.53 Å². The maximum Gasteiger partial charge on any atom is 0.338 e. The molecule has 1 unspecified atom stereocenters. The number of rotatable bonds is 7. The van der Waals surface area contributed by atoms with E-state index in [4.69, 9.17) is 9.47 Å². The molecule has 0 saturated carbocycles. The number of amides is 2. The van der Waals surface area contributed by atoms with E-state index in [1.807, 2.05) is 62.4 Å². The molecule has 3 rings (SSSR count). The molecule has 6 heteroatoms.